The molecule has 1 saturated heterocycles. The van der Waals surface area contributed by atoms with E-state index in [1.807, 2.05) is 13.8 Å². The van der Waals surface area contributed by atoms with Crippen molar-refractivity contribution in [2.75, 3.05) is 6.54 Å². The lowest BCUT2D eigenvalue weighted by molar-refractivity contribution is -0.142. The number of rotatable bonds is 8. The van der Waals surface area contributed by atoms with Crippen molar-refractivity contribution in [1.29, 1.82) is 0 Å². The van der Waals surface area contributed by atoms with Crippen LogP contribution in [0.2, 0.25) is 0 Å². The Bertz CT molecular complexity index is 972. The van der Waals surface area contributed by atoms with Gasteiger partial charge in [-0.1, -0.05) is 47.1 Å². The summed E-state index contributed by atoms with van der Waals surface area (Å²) in [6.45, 7) is 6.13. The number of halogens is 1. The van der Waals surface area contributed by atoms with Gasteiger partial charge in [-0.2, -0.15) is 0 Å². The normalized spacial score (nSPS) is 17.9. The smallest absolute Gasteiger partial charge is 0.305 e. The fourth-order valence-corrected chi connectivity index (χ4v) is 4.40. The van der Waals surface area contributed by atoms with Crippen LogP contribution in [0.5, 0.6) is 0 Å². The predicted molar refractivity (Wildman–Crippen MR) is 121 cm³/mol. The molecule has 1 aromatic heterocycles. The Morgan fingerprint density at radius 3 is 2.53 bits per heavy atom. The minimum Gasteiger partial charge on any atom is -0.481 e. The van der Waals surface area contributed by atoms with Crippen molar-refractivity contribution >= 4 is 33.7 Å². The van der Waals surface area contributed by atoms with Gasteiger partial charge in [-0.25, -0.2) is 0 Å². The van der Waals surface area contributed by atoms with Gasteiger partial charge in [-0.3, -0.25) is 14.4 Å². The zero-order valence-corrected chi connectivity index (χ0v) is 20.0. The highest BCUT2D eigenvalue weighted by Gasteiger charge is 2.40. The molecule has 3 atom stereocenters. The second kappa shape index (κ2) is 10.3. The van der Waals surface area contributed by atoms with Gasteiger partial charge in [-0.05, 0) is 43.4 Å². The topological polar surface area (TPSA) is 113 Å². The van der Waals surface area contributed by atoms with Gasteiger partial charge >= 0.3 is 5.97 Å². The molecule has 1 aromatic carbocycles. The van der Waals surface area contributed by atoms with E-state index in [1.165, 1.54) is 0 Å². The molecular weight excluding hydrogens is 478 g/mol. The lowest BCUT2D eigenvalue weighted by Crippen LogP contribution is -2.49. The molecule has 0 spiro atoms. The number of nitrogens with one attached hydrogen (secondary N) is 1. The number of likely N-dealkylation sites (tertiary alicyclic amines) is 1. The van der Waals surface area contributed by atoms with Crippen LogP contribution in [0, 0.1) is 12.8 Å². The molecule has 3 rings (SSSR count). The monoisotopic (exact) mass is 505 g/mol. The maximum Gasteiger partial charge on any atom is 0.305 e. The van der Waals surface area contributed by atoms with Gasteiger partial charge in [0.05, 0.1) is 18.2 Å². The quantitative estimate of drug-likeness (QED) is 0.563. The first-order chi connectivity index (χ1) is 15.2. The number of carboxylic acids is 1. The zero-order valence-electron chi connectivity index (χ0n) is 18.4. The molecule has 2 aromatic rings. The standard InChI is InChI=1S/C23H28BrN3O5/c1-13(2)21(19-11-14(3)26-32-19)23(31)27-10-4-5-18(27)22(30)25-17(12-20(28)29)15-6-8-16(24)9-7-15/h6-9,11,13,17-18,21H,4-5,10,12H2,1-3H3,(H,25,30)(H,28,29). The second-order valence-corrected chi connectivity index (χ2v) is 9.41. The van der Waals surface area contributed by atoms with Crippen LogP contribution in [0.3, 0.4) is 0 Å². The van der Waals surface area contributed by atoms with Crippen molar-refractivity contribution in [2.45, 2.75) is 58.0 Å². The average molecular weight is 506 g/mol. The molecule has 1 aliphatic heterocycles. The third-order valence-corrected chi connectivity index (χ3v) is 6.22. The largest absolute Gasteiger partial charge is 0.481 e. The van der Waals surface area contributed by atoms with Gasteiger partial charge in [0.1, 0.15) is 17.7 Å². The van der Waals surface area contributed by atoms with E-state index in [-0.39, 0.29) is 24.2 Å². The van der Waals surface area contributed by atoms with E-state index < -0.39 is 24.0 Å². The van der Waals surface area contributed by atoms with Crippen LogP contribution in [0.1, 0.15) is 62.1 Å². The molecular formula is C23H28BrN3O5. The van der Waals surface area contributed by atoms with E-state index >= 15 is 0 Å². The number of hydrogen-bond donors (Lipinski definition) is 2. The summed E-state index contributed by atoms with van der Waals surface area (Å²) in [5.41, 5.74) is 1.39. The van der Waals surface area contributed by atoms with Crippen LogP contribution in [0.4, 0.5) is 0 Å². The van der Waals surface area contributed by atoms with Gasteiger partial charge in [0.25, 0.3) is 0 Å². The second-order valence-electron chi connectivity index (χ2n) is 8.49. The highest BCUT2D eigenvalue weighted by Crippen LogP contribution is 2.31. The van der Waals surface area contributed by atoms with E-state index in [0.717, 1.165) is 4.47 Å². The molecule has 32 heavy (non-hydrogen) atoms. The summed E-state index contributed by atoms with van der Waals surface area (Å²) in [6, 6.07) is 7.56. The molecule has 2 N–H and O–H groups in total. The Morgan fingerprint density at radius 2 is 1.97 bits per heavy atom. The van der Waals surface area contributed by atoms with Gasteiger partial charge < -0.3 is 19.8 Å². The third-order valence-electron chi connectivity index (χ3n) is 5.69. The van der Waals surface area contributed by atoms with Gasteiger partial charge in [0, 0.05) is 17.1 Å². The summed E-state index contributed by atoms with van der Waals surface area (Å²) < 4.78 is 6.23. The van der Waals surface area contributed by atoms with Crippen molar-refractivity contribution in [3.05, 3.63) is 51.8 Å². The van der Waals surface area contributed by atoms with Crippen molar-refractivity contribution in [1.82, 2.24) is 15.4 Å². The molecule has 0 radical (unpaired) electrons. The molecule has 1 aliphatic rings. The van der Waals surface area contributed by atoms with Gasteiger partial charge in [0.15, 0.2) is 0 Å². The molecule has 0 saturated carbocycles. The minimum atomic E-state index is -1.02. The van der Waals surface area contributed by atoms with Crippen molar-refractivity contribution < 1.29 is 24.0 Å². The molecule has 2 heterocycles. The van der Waals surface area contributed by atoms with Crippen molar-refractivity contribution in [2.24, 2.45) is 5.92 Å². The Morgan fingerprint density at radius 1 is 1.28 bits per heavy atom. The number of aryl methyl sites for hydroxylation is 1. The lowest BCUT2D eigenvalue weighted by atomic mass is 9.91. The number of amides is 2. The Kier molecular flexibility index (Phi) is 7.71. The van der Waals surface area contributed by atoms with Crippen LogP contribution < -0.4 is 5.32 Å². The van der Waals surface area contributed by atoms with Crippen LogP contribution in [0.25, 0.3) is 0 Å². The number of aliphatic carboxylic acids is 1. The summed E-state index contributed by atoms with van der Waals surface area (Å²) >= 11 is 3.36. The lowest BCUT2D eigenvalue weighted by Gasteiger charge is -2.30. The first-order valence-electron chi connectivity index (χ1n) is 10.7. The highest BCUT2D eigenvalue weighted by atomic mass is 79.9. The Hall–Kier alpha value is -2.68. The Labute approximate surface area is 195 Å². The number of carboxylic acid groups (broad SMARTS) is 1. The highest BCUT2D eigenvalue weighted by molar-refractivity contribution is 9.10. The van der Waals surface area contributed by atoms with E-state index in [2.05, 4.69) is 26.4 Å². The van der Waals surface area contributed by atoms with E-state index in [9.17, 15) is 19.5 Å². The molecule has 172 valence electrons. The predicted octanol–water partition coefficient (Wildman–Crippen LogP) is 3.81. The number of carbonyl (C=O) groups excluding carboxylic acids is 2. The van der Waals surface area contributed by atoms with Crippen LogP contribution in [-0.4, -0.2) is 45.5 Å². The maximum atomic E-state index is 13.4. The number of benzene rings is 1. The van der Waals surface area contributed by atoms with E-state index in [4.69, 9.17) is 4.52 Å². The molecule has 3 unspecified atom stereocenters. The summed E-state index contributed by atoms with van der Waals surface area (Å²) in [7, 11) is 0. The zero-order chi connectivity index (χ0) is 23.4. The molecule has 1 fully saturated rings. The Balaban J connectivity index is 1.79. The summed E-state index contributed by atoms with van der Waals surface area (Å²) in [5.74, 6) is -1.62. The number of nitrogens with zero attached hydrogens (tertiary/aromatic N) is 2. The van der Waals surface area contributed by atoms with E-state index in [1.54, 1.807) is 42.2 Å². The average Bonchev–Trinajstić information content (AvgIpc) is 3.37. The van der Waals surface area contributed by atoms with Crippen LogP contribution in [0.15, 0.2) is 39.3 Å². The molecule has 9 heteroatoms. The summed E-state index contributed by atoms with van der Waals surface area (Å²) in [6.07, 6.45) is 0.976. The number of carbonyl (C=O) groups is 3. The first-order valence-corrected chi connectivity index (χ1v) is 11.5. The van der Waals surface area contributed by atoms with E-state index in [0.29, 0.717) is 36.4 Å². The third kappa shape index (κ3) is 5.56. The van der Waals surface area contributed by atoms with Crippen molar-refractivity contribution in [3.8, 4) is 0 Å². The molecule has 8 nitrogen and oxygen atoms in total. The SMILES string of the molecule is Cc1cc(C(C(=O)N2CCCC2C(=O)NC(CC(=O)O)c2ccc(Br)cc2)C(C)C)on1. The first kappa shape index (κ1) is 24.0. The molecule has 2 amide bonds. The van der Waals surface area contributed by atoms with Gasteiger partial charge in [-0.15, -0.1) is 0 Å². The van der Waals surface area contributed by atoms with Gasteiger partial charge in [0.2, 0.25) is 11.8 Å². The maximum absolute atomic E-state index is 13.4. The fraction of sp³-hybridized carbons (Fsp3) is 0.478. The van der Waals surface area contributed by atoms with Crippen LogP contribution in [-0.2, 0) is 14.4 Å². The number of hydrogen-bond acceptors (Lipinski definition) is 5. The summed E-state index contributed by atoms with van der Waals surface area (Å²) in [5, 5.41) is 16.1. The van der Waals surface area contributed by atoms with Crippen molar-refractivity contribution in [3.63, 3.8) is 0 Å². The fourth-order valence-electron chi connectivity index (χ4n) is 4.14. The molecule has 0 bridgehead atoms. The van der Waals surface area contributed by atoms with Crippen LogP contribution >= 0.6 is 15.9 Å². The molecule has 0 aliphatic carbocycles. The number of aromatic nitrogens is 1. The minimum absolute atomic E-state index is 0.0401. The summed E-state index contributed by atoms with van der Waals surface area (Å²) in [4.78, 5) is 39.6.